The molecule has 7 heteroatoms. The van der Waals surface area contributed by atoms with Gasteiger partial charge in [-0.15, -0.1) is 10.2 Å². The van der Waals surface area contributed by atoms with Gasteiger partial charge in [-0.3, -0.25) is 4.79 Å². The highest BCUT2D eigenvalue weighted by molar-refractivity contribution is 7.99. The molecule has 4 nitrogen and oxygen atoms in total. The van der Waals surface area contributed by atoms with Crippen molar-refractivity contribution in [2.75, 3.05) is 5.75 Å². The number of hydrogen-bond acceptors (Lipinski definition) is 4. The third-order valence-corrected chi connectivity index (χ3v) is 5.15. The second kappa shape index (κ2) is 8.04. The molecule has 0 unspecified atom stereocenters. The Labute approximate surface area is 160 Å². The molecule has 0 spiro atoms. The van der Waals surface area contributed by atoms with Crippen LogP contribution in [0.4, 0.5) is 0 Å². The standard InChI is InChI=1S/C18H15Cl2N3OS/c1-2-23-17(14-9-8-13(19)10-15(14)20)21-22-18(23)25-11-16(24)12-6-4-3-5-7-12/h3-10H,2,11H2,1H3. The summed E-state index contributed by atoms with van der Waals surface area (Å²) in [5.41, 5.74) is 1.46. The minimum Gasteiger partial charge on any atom is -0.302 e. The summed E-state index contributed by atoms with van der Waals surface area (Å²) in [5, 5.41) is 10.3. The van der Waals surface area contributed by atoms with Crippen molar-refractivity contribution < 1.29 is 4.79 Å². The number of hydrogen-bond donors (Lipinski definition) is 0. The molecule has 1 aromatic heterocycles. The lowest BCUT2D eigenvalue weighted by Crippen LogP contribution is -2.05. The lowest BCUT2D eigenvalue weighted by molar-refractivity contribution is 0.102. The van der Waals surface area contributed by atoms with Gasteiger partial charge in [-0.1, -0.05) is 65.3 Å². The highest BCUT2D eigenvalue weighted by atomic mass is 35.5. The van der Waals surface area contributed by atoms with Gasteiger partial charge >= 0.3 is 0 Å². The van der Waals surface area contributed by atoms with Gasteiger partial charge in [0.15, 0.2) is 16.8 Å². The van der Waals surface area contributed by atoms with Crippen molar-refractivity contribution in [2.45, 2.75) is 18.6 Å². The van der Waals surface area contributed by atoms with Crippen molar-refractivity contribution in [3.63, 3.8) is 0 Å². The van der Waals surface area contributed by atoms with Gasteiger partial charge in [0.2, 0.25) is 0 Å². The number of carbonyl (C=O) groups is 1. The second-order valence-corrected chi connectivity index (χ2v) is 7.04. The van der Waals surface area contributed by atoms with E-state index in [1.165, 1.54) is 11.8 Å². The van der Waals surface area contributed by atoms with Crippen LogP contribution in [0.2, 0.25) is 10.0 Å². The van der Waals surface area contributed by atoms with E-state index in [1.807, 2.05) is 47.9 Å². The van der Waals surface area contributed by atoms with E-state index in [1.54, 1.807) is 12.1 Å². The predicted molar refractivity (Wildman–Crippen MR) is 103 cm³/mol. The number of ketones is 1. The molecule has 2 aromatic carbocycles. The summed E-state index contributed by atoms with van der Waals surface area (Å²) in [4.78, 5) is 12.3. The number of Topliss-reactive ketones (excluding diaryl/α,β-unsaturated/α-hetero) is 1. The molecule has 25 heavy (non-hydrogen) atoms. The van der Waals surface area contributed by atoms with Crippen molar-refractivity contribution in [1.29, 1.82) is 0 Å². The third-order valence-electron chi connectivity index (χ3n) is 3.63. The van der Waals surface area contributed by atoms with Crippen LogP contribution in [0.25, 0.3) is 11.4 Å². The SMILES string of the molecule is CCn1c(SCC(=O)c2ccccc2)nnc1-c1ccc(Cl)cc1Cl. The maximum atomic E-state index is 12.3. The predicted octanol–water partition coefficient (Wildman–Crippen LogP) is 5.25. The molecule has 0 aliphatic carbocycles. The van der Waals surface area contributed by atoms with Crippen LogP contribution in [0.15, 0.2) is 53.7 Å². The quantitative estimate of drug-likeness (QED) is 0.425. The number of rotatable bonds is 6. The Hall–Kier alpha value is -1.82. The van der Waals surface area contributed by atoms with Gasteiger partial charge in [-0.2, -0.15) is 0 Å². The molecule has 3 rings (SSSR count). The van der Waals surface area contributed by atoms with Crippen LogP contribution in [-0.4, -0.2) is 26.3 Å². The van der Waals surface area contributed by atoms with E-state index in [0.717, 1.165) is 5.56 Å². The van der Waals surface area contributed by atoms with Crippen LogP contribution in [-0.2, 0) is 6.54 Å². The van der Waals surface area contributed by atoms with E-state index in [-0.39, 0.29) is 5.78 Å². The molecule has 0 N–H and O–H groups in total. The Morgan fingerprint density at radius 2 is 1.88 bits per heavy atom. The molecule has 128 valence electrons. The van der Waals surface area contributed by atoms with E-state index in [0.29, 0.717) is 38.9 Å². The number of nitrogens with zero attached hydrogens (tertiary/aromatic N) is 3. The molecule has 3 aromatic rings. The smallest absolute Gasteiger partial charge is 0.191 e. The number of carbonyl (C=O) groups excluding carboxylic acids is 1. The fourth-order valence-corrected chi connectivity index (χ4v) is 3.78. The van der Waals surface area contributed by atoms with Gasteiger partial charge < -0.3 is 4.57 Å². The van der Waals surface area contributed by atoms with Crippen LogP contribution < -0.4 is 0 Å². The van der Waals surface area contributed by atoms with E-state index < -0.39 is 0 Å². The average molecular weight is 392 g/mol. The topological polar surface area (TPSA) is 47.8 Å². The first-order valence-corrected chi connectivity index (χ1v) is 9.44. The number of benzene rings is 2. The van der Waals surface area contributed by atoms with Crippen LogP contribution in [0.5, 0.6) is 0 Å². The fraction of sp³-hybridized carbons (Fsp3) is 0.167. The molecule has 0 saturated heterocycles. The van der Waals surface area contributed by atoms with Crippen LogP contribution in [0.1, 0.15) is 17.3 Å². The van der Waals surface area contributed by atoms with Crippen LogP contribution in [0.3, 0.4) is 0 Å². The van der Waals surface area contributed by atoms with Gasteiger partial charge in [-0.05, 0) is 25.1 Å². The van der Waals surface area contributed by atoms with Gasteiger partial charge in [0, 0.05) is 22.7 Å². The first-order chi connectivity index (χ1) is 12.1. The van der Waals surface area contributed by atoms with Gasteiger partial charge in [0.25, 0.3) is 0 Å². The molecule has 0 aliphatic rings. The summed E-state index contributed by atoms with van der Waals surface area (Å²) in [6.45, 7) is 2.67. The lowest BCUT2D eigenvalue weighted by atomic mass is 10.2. The molecule has 0 fully saturated rings. The minimum absolute atomic E-state index is 0.0577. The fourth-order valence-electron chi connectivity index (χ4n) is 2.39. The van der Waals surface area contributed by atoms with Crippen LogP contribution >= 0.6 is 35.0 Å². The highest BCUT2D eigenvalue weighted by Gasteiger charge is 2.17. The van der Waals surface area contributed by atoms with E-state index >= 15 is 0 Å². The summed E-state index contributed by atoms with van der Waals surface area (Å²) in [6, 6.07) is 14.5. The Bertz CT molecular complexity index is 897. The summed E-state index contributed by atoms with van der Waals surface area (Å²) in [6.07, 6.45) is 0. The molecule has 0 aliphatic heterocycles. The Balaban J connectivity index is 1.82. The summed E-state index contributed by atoms with van der Waals surface area (Å²) < 4.78 is 1.94. The average Bonchev–Trinajstić information content (AvgIpc) is 3.03. The minimum atomic E-state index is 0.0577. The molecule has 0 atom stereocenters. The molecule has 0 radical (unpaired) electrons. The van der Waals surface area contributed by atoms with E-state index in [4.69, 9.17) is 23.2 Å². The molecule has 0 bridgehead atoms. The summed E-state index contributed by atoms with van der Waals surface area (Å²) >= 11 is 13.6. The maximum Gasteiger partial charge on any atom is 0.191 e. The third kappa shape index (κ3) is 4.06. The largest absolute Gasteiger partial charge is 0.302 e. The molecular weight excluding hydrogens is 377 g/mol. The number of halogens is 2. The number of thioether (sulfide) groups is 1. The Morgan fingerprint density at radius 1 is 1.12 bits per heavy atom. The van der Waals surface area contributed by atoms with Crippen molar-refractivity contribution in [3.05, 3.63) is 64.1 Å². The zero-order valence-electron chi connectivity index (χ0n) is 13.4. The van der Waals surface area contributed by atoms with Crippen molar-refractivity contribution in [3.8, 4) is 11.4 Å². The first-order valence-electron chi connectivity index (χ1n) is 7.69. The molecular formula is C18H15Cl2N3OS. The monoisotopic (exact) mass is 391 g/mol. The normalized spacial score (nSPS) is 10.8. The van der Waals surface area contributed by atoms with Gasteiger partial charge in [-0.25, -0.2) is 0 Å². The molecule has 0 saturated carbocycles. The highest BCUT2D eigenvalue weighted by Crippen LogP contribution is 2.31. The van der Waals surface area contributed by atoms with E-state index in [2.05, 4.69) is 10.2 Å². The first kappa shape index (κ1) is 18.0. The van der Waals surface area contributed by atoms with Gasteiger partial charge in [0.1, 0.15) is 0 Å². The Kier molecular flexibility index (Phi) is 5.78. The molecule has 1 heterocycles. The summed E-state index contributed by atoms with van der Waals surface area (Å²) in [7, 11) is 0. The lowest BCUT2D eigenvalue weighted by Gasteiger charge is -2.08. The Morgan fingerprint density at radius 3 is 2.56 bits per heavy atom. The number of aromatic nitrogens is 3. The zero-order chi connectivity index (χ0) is 17.8. The summed E-state index contributed by atoms with van der Waals surface area (Å²) in [5.74, 6) is 1.03. The van der Waals surface area contributed by atoms with Crippen molar-refractivity contribution in [1.82, 2.24) is 14.8 Å². The van der Waals surface area contributed by atoms with Crippen molar-refractivity contribution in [2.24, 2.45) is 0 Å². The zero-order valence-corrected chi connectivity index (χ0v) is 15.8. The van der Waals surface area contributed by atoms with Crippen molar-refractivity contribution >= 4 is 40.7 Å². The van der Waals surface area contributed by atoms with Crippen LogP contribution in [0, 0.1) is 0 Å². The second-order valence-electron chi connectivity index (χ2n) is 5.25. The van der Waals surface area contributed by atoms with E-state index in [9.17, 15) is 4.79 Å². The molecule has 0 amide bonds. The maximum absolute atomic E-state index is 12.3. The van der Waals surface area contributed by atoms with Gasteiger partial charge in [0.05, 0.1) is 10.8 Å².